The van der Waals surface area contributed by atoms with Crippen LogP contribution >= 0.6 is 0 Å². The zero-order valence-electron chi connectivity index (χ0n) is 14.4. The molecule has 2 aromatic rings. The first-order chi connectivity index (χ1) is 10.7. The fourth-order valence-electron chi connectivity index (χ4n) is 2.52. The average Bonchev–Trinajstić information content (AvgIpc) is 2.87. The predicted molar refractivity (Wildman–Crippen MR) is 92.6 cm³/mol. The van der Waals surface area contributed by atoms with E-state index in [4.69, 9.17) is 0 Å². The summed E-state index contributed by atoms with van der Waals surface area (Å²) in [5.41, 5.74) is 1.33. The maximum absolute atomic E-state index is 12.7. The van der Waals surface area contributed by atoms with Crippen LogP contribution in [0.5, 0.6) is 0 Å². The molecule has 23 heavy (non-hydrogen) atoms. The second-order valence-corrected chi connectivity index (χ2v) is 7.00. The number of para-hydroxylation sites is 1. The number of nitrogens with one attached hydrogen (secondary N) is 2. The van der Waals surface area contributed by atoms with Crippen molar-refractivity contribution in [3.8, 4) is 0 Å². The van der Waals surface area contributed by atoms with Gasteiger partial charge in [0.25, 0.3) is 0 Å². The predicted octanol–water partition coefficient (Wildman–Crippen LogP) is 2.59. The summed E-state index contributed by atoms with van der Waals surface area (Å²) in [7, 11) is 1.79. The minimum Gasteiger partial charge on any atom is -0.360 e. The number of carbonyl (C=O) groups excluding carboxylic acids is 2. The van der Waals surface area contributed by atoms with Gasteiger partial charge in [-0.2, -0.15) is 0 Å². The Morgan fingerprint density at radius 3 is 2.57 bits per heavy atom. The molecule has 0 unspecified atom stereocenters. The van der Waals surface area contributed by atoms with Gasteiger partial charge in [0.15, 0.2) is 5.78 Å². The molecule has 0 saturated heterocycles. The van der Waals surface area contributed by atoms with Crippen LogP contribution in [-0.4, -0.2) is 46.7 Å². The topological polar surface area (TPSA) is 65.2 Å². The van der Waals surface area contributed by atoms with Crippen LogP contribution in [0, 0.1) is 0 Å². The Labute approximate surface area is 137 Å². The van der Waals surface area contributed by atoms with Crippen LogP contribution in [0.1, 0.15) is 38.1 Å². The lowest BCUT2D eigenvalue weighted by Gasteiger charge is -2.26. The quantitative estimate of drug-likeness (QED) is 0.834. The zero-order valence-corrected chi connectivity index (χ0v) is 14.4. The van der Waals surface area contributed by atoms with Gasteiger partial charge in [0, 0.05) is 28.2 Å². The highest BCUT2D eigenvalue weighted by Crippen LogP contribution is 2.20. The Morgan fingerprint density at radius 2 is 1.91 bits per heavy atom. The van der Waals surface area contributed by atoms with E-state index in [0.29, 0.717) is 5.56 Å². The van der Waals surface area contributed by atoms with E-state index in [1.54, 1.807) is 18.1 Å². The normalized spacial score (nSPS) is 13.3. The van der Waals surface area contributed by atoms with Crippen molar-refractivity contribution in [3.05, 3.63) is 36.0 Å². The van der Waals surface area contributed by atoms with Gasteiger partial charge in [-0.1, -0.05) is 18.2 Å². The lowest BCUT2D eigenvalue weighted by atomic mass is 10.0. The molecule has 5 heteroatoms. The molecule has 0 bridgehead atoms. The Kier molecular flexibility index (Phi) is 4.90. The molecule has 0 aliphatic rings. The molecule has 0 saturated carbocycles. The minimum absolute atomic E-state index is 0.00788. The summed E-state index contributed by atoms with van der Waals surface area (Å²) in [6, 6.07) is 7.34. The molecule has 0 fully saturated rings. The van der Waals surface area contributed by atoms with E-state index in [9.17, 15) is 9.59 Å². The first kappa shape index (κ1) is 17.2. The van der Waals surface area contributed by atoms with Crippen LogP contribution in [0.3, 0.4) is 0 Å². The van der Waals surface area contributed by atoms with E-state index in [1.165, 1.54) is 0 Å². The Morgan fingerprint density at radius 1 is 1.26 bits per heavy atom. The van der Waals surface area contributed by atoms with Crippen molar-refractivity contribution in [1.82, 2.24) is 15.2 Å². The van der Waals surface area contributed by atoms with Crippen LogP contribution in [-0.2, 0) is 4.79 Å². The minimum atomic E-state index is -0.375. The van der Waals surface area contributed by atoms with E-state index >= 15 is 0 Å². The number of likely N-dealkylation sites (N-methyl/N-ethyl adjacent to an activating group) is 1. The van der Waals surface area contributed by atoms with Gasteiger partial charge in [-0.25, -0.2) is 0 Å². The fraction of sp³-hybridized carbons (Fsp3) is 0.444. The first-order valence-corrected chi connectivity index (χ1v) is 7.80. The largest absolute Gasteiger partial charge is 0.360 e. The number of Topliss-reactive ketones (excluding diaryl/α,β-unsaturated/α-hetero) is 1. The number of rotatable bonds is 5. The standard InChI is InChI=1S/C18H25N3O2/c1-12(21(5)11-16(22)20-18(2,3)4)17(23)14-10-19-15-9-7-6-8-13(14)15/h6-10,12,19H,11H2,1-5H3,(H,20,22)/t12-/m0/s1. The second kappa shape index (κ2) is 6.54. The number of aromatic amines is 1. The van der Waals surface area contributed by atoms with Gasteiger partial charge in [-0.3, -0.25) is 14.5 Å². The zero-order chi connectivity index (χ0) is 17.2. The highest BCUT2D eigenvalue weighted by Gasteiger charge is 2.24. The molecule has 1 amide bonds. The number of fused-ring (bicyclic) bond motifs is 1. The number of hydrogen-bond donors (Lipinski definition) is 2. The summed E-state index contributed by atoms with van der Waals surface area (Å²) in [4.78, 5) is 29.6. The maximum atomic E-state index is 12.7. The molecule has 1 heterocycles. The van der Waals surface area contributed by atoms with Gasteiger partial charge >= 0.3 is 0 Å². The Balaban J connectivity index is 2.08. The van der Waals surface area contributed by atoms with Gasteiger partial charge in [0.05, 0.1) is 12.6 Å². The molecule has 124 valence electrons. The lowest BCUT2D eigenvalue weighted by Crippen LogP contribution is -2.48. The Hall–Kier alpha value is -2.14. The molecular weight excluding hydrogens is 290 g/mol. The van der Waals surface area contributed by atoms with Crippen LogP contribution in [0.15, 0.2) is 30.5 Å². The molecule has 1 aromatic carbocycles. The first-order valence-electron chi connectivity index (χ1n) is 7.80. The van der Waals surface area contributed by atoms with E-state index in [1.807, 2.05) is 52.0 Å². The molecular formula is C18H25N3O2. The summed E-state index contributed by atoms with van der Waals surface area (Å²) in [5.74, 6) is -0.0768. The van der Waals surface area contributed by atoms with E-state index in [2.05, 4.69) is 10.3 Å². The molecule has 2 N–H and O–H groups in total. The van der Waals surface area contributed by atoms with Crippen molar-refractivity contribution in [1.29, 1.82) is 0 Å². The van der Waals surface area contributed by atoms with Crippen LogP contribution in [0.25, 0.3) is 10.9 Å². The highest BCUT2D eigenvalue weighted by atomic mass is 16.2. The fourth-order valence-corrected chi connectivity index (χ4v) is 2.52. The van der Waals surface area contributed by atoms with Crippen molar-refractivity contribution < 1.29 is 9.59 Å². The molecule has 2 rings (SSSR count). The lowest BCUT2D eigenvalue weighted by molar-refractivity contribution is -0.123. The van der Waals surface area contributed by atoms with Gasteiger partial charge in [0.1, 0.15) is 0 Å². The molecule has 1 aromatic heterocycles. The number of carbonyl (C=O) groups is 2. The molecule has 0 aliphatic heterocycles. The third kappa shape index (κ3) is 4.20. The van der Waals surface area contributed by atoms with Crippen LogP contribution in [0.4, 0.5) is 0 Å². The molecule has 1 atom stereocenters. The Bertz CT molecular complexity index is 712. The van der Waals surface area contributed by atoms with Crippen molar-refractivity contribution >= 4 is 22.6 Å². The summed E-state index contributed by atoms with van der Waals surface area (Å²) < 4.78 is 0. The van der Waals surface area contributed by atoms with Crippen molar-refractivity contribution in [2.24, 2.45) is 0 Å². The molecule has 0 aliphatic carbocycles. The molecule has 5 nitrogen and oxygen atoms in total. The third-order valence-corrected chi connectivity index (χ3v) is 3.80. The van der Waals surface area contributed by atoms with Gasteiger partial charge in [0.2, 0.25) is 5.91 Å². The maximum Gasteiger partial charge on any atom is 0.234 e. The molecule has 0 spiro atoms. The summed E-state index contributed by atoms with van der Waals surface area (Å²) >= 11 is 0. The van der Waals surface area contributed by atoms with Crippen LogP contribution in [0.2, 0.25) is 0 Å². The molecule has 0 radical (unpaired) electrons. The SMILES string of the molecule is C[C@@H](C(=O)c1c[nH]c2ccccc12)N(C)CC(=O)NC(C)(C)C. The van der Waals surface area contributed by atoms with Crippen molar-refractivity contribution in [3.63, 3.8) is 0 Å². The highest BCUT2D eigenvalue weighted by molar-refractivity contribution is 6.10. The number of nitrogens with zero attached hydrogens (tertiary/aromatic N) is 1. The van der Waals surface area contributed by atoms with Crippen molar-refractivity contribution in [2.75, 3.05) is 13.6 Å². The number of hydrogen-bond acceptors (Lipinski definition) is 3. The number of amides is 1. The second-order valence-electron chi connectivity index (χ2n) is 7.00. The smallest absolute Gasteiger partial charge is 0.234 e. The number of aromatic nitrogens is 1. The average molecular weight is 315 g/mol. The monoisotopic (exact) mass is 315 g/mol. The van der Waals surface area contributed by atoms with Gasteiger partial charge in [-0.05, 0) is 40.8 Å². The third-order valence-electron chi connectivity index (χ3n) is 3.80. The summed E-state index contributed by atoms with van der Waals surface area (Å²) in [5, 5.41) is 3.82. The van der Waals surface area contributed by atoms with E-state index in [-0.39, 0.29) is 29.8 Å². The van der Waals surface area contributed by atoms with Gasteiger partial charge < -0.3 is 10.3 Å². The summed E-state index contributed by atoms with van der Waals surface area (Å²) in [6.07, 6.45) is 1.74. The number of ketones is 1. The van der Waals surface area contributed by atoms with Gasteiger partial charge in [-0.15, -0.1) is 0 Å². The van der Waals surface area contributed by atoms with Crippen molar-refractivity contribution in [2.45, 2.75) is 39.3 Å². The summed E-state index contributed by atoms with van der Waals surface area (Å²) in [6.45, 7) is 7.82. The van der Waals surface area contributed by atoms with E-state index in [0.717, 1.165) is 10.9 Å². The van der Waals surface area contributed by atoms with Crippen LogP contribution < -0.4 is 5.32 Å². The number of benzene rings is 1. The van der Waals surface area contributed by atoms with E-state index < -0.39 is 0 Å². The number of H-pyrrole nitrogens is 1.